The van der Waals surface area contributed by atoms with Gasteiger partial charge in [0.05, 0.1) is 49.3 Å². The molecule has 1 aliphatic rings. The lowest BCUT2D eigenvalue weighted by Gasteiger charge is -2.22. The third-order valence-electron chi connectivity index (χ3n) is 6.03. The van der Waals surface area contributed by atoms with Crippen LogP contribution < -0.4 is 24.8 Å². The zero-order valence-electron chi connectivity index (χ0n) is 19.7. The summed E-state index contributed by atoms with van der Waals surface area (Å²) in [4.78, 5) is 17.5. The number of para-hydroxylation sites is 1. The molecule has 0 aliphatic carbocycles. The number of carbonyl (C=O) groups is 1. The fourth-order valence-corrected chi connectivity index (χ4v) is 4.57. The Kier molecular flexibility index (Phi) is 5.86. The van der Waals surface area contributed by atoms with Gasteiger partial charge in [-0.1, -0.05) is 17.7 Å². The number of hydrogen-bond donors (Lipinski definition) is 2. The maximum absolute atomic E-state index is 13.0. The van der Waals surface area contributed by atoms with Crippen LogP contribution in [0.4, 0.5) is 11.4 Å². The fraction of sp³-hybridized carbons (Fsp3) is 0.240. The van der Waals surface area contributed by atoms with Gasteiger partial charge >= 0.3 is 0 Å². The van der Waals surface area contributed by atoms with Crippen LogP contribution in [0.1, 0.15) is 23.5 Å². The van der Waals surface area contributed by atoms with Crippen LogP contribution in [0.5, 0.6) is 17.2 Å². The summed E-state index contributed by atoms with van der Waals surface area (Å²) in [5, 5.41) is 12.5. The Bertz CT molecular complexity index is 1450. The SMILES string of the molecule is COc1cc2nccc(-c3nn4c(c3Nc3cccc(Cl)c3OC)C(=O)NCC4C)c2cc1OC. The van der Waals surface area contributed by atoms with Crippen molar-refractivity contribution in [2.24, 2.45) is 0 Å². The first-order chi connectivity index (χ1) is 17.0. The van der Waals surface area contributed by atoms with Crippen molar-refractivity contribution in [1.29, 1.82) is 0 Å². The zero-order valence-corrected chi connectivity index (χ0v) is 20.4. The summed E-state index contributed by atoms with van der Waals surface area (Å²) in [6.45, 7) is 2.48. The first-order valence-corrected chi connectivity index (χ1v) is 11.4. The summed E-state index contributed by atoms with van der Waals surface area (Å²) in [5.41, 5.74) is 3.64. The van der Waals surface area contributed by atoms with Gasteiger partial charge in [0.15, 0.2) is 22.9 Å². The van der Waals surface area contributed by atoms with Crippen molar-refractivity contribution in [3.63, 3.8) is 0 Å². The van der Waals surface area contributed by atoms with Gasteiger partial charge in [0.25, 0.3) is 5.91 Å². The highest BCUT2D eigenvalue weighted by atomic mass is 35.5. The summed E-state index contributed by atoms with van der Waals surface area (Å²) in [6, 6.07) is 10.9. The fourth-order valence-electron chi connectivity index (χ4n) is 4.32. The highest BCUT2D eigenvalue weighted by Crippen LogP contribution is 2.43. The summed E-state index contributed by atoms with van der Waals surface area (Å²) in [5.74, 6) is 1.39. The van der Waals surface area contributed by atoms with Gasteiger partial charge in [0.2, 0.25) is 0 Å². The molecule has 180 valence electrons. The molecule has 0 radical (unpaired) electrons. The highest BCUT2D eigenvalue weighted by Gasteiger charge is 2.32. The van der Waals surface area contributed by atoms with E-state index in [0.717, 1.165) is 10.9 Å². The zero-order chi connectivity index (χ0) is 24.7. The molecule has 1 unspecified atom stereocenters. The number of fused-ring (bicyclic) bond motifs is 2. The molecule has 35 heavy (non-hydrogen) atoms. The number of aromatic nitrogens is 3. The summed E-state index contributed by atoms with van der Waals surface area (Å²) < 4.78 is 18.3. The molecule has 2 aromatic carbocycles. The summed E-state index contributed by atoms with van der Waals surface area (Å²) in [6.07, 6.45) is 1.70. The molecule has 5 rings (SSSR count). The number of carbonyl (C=O) groups excluding carboxylic acids is 1. The second kappa shape index (κ2) is 8.99. The number of halogens is 1. The number of ether oxygens (including phenoxy) is 3. The minimum absolute atomic E-state index is 0.0408. The van der Waals surface area contributed by atoms with Gasteiger partial charge in [-0.25, -0.2) is 0 Å². The molecule has 2 aromatic heterocycles. The second-order valence-electron chi connectivity index (χ2n) is 8.10. The molecule has 9 nitrogen and oxygen atoms in total. The van der Waals surface area contributed by atoms with Crippen LogP contribution in [0, 0.1) is 0 Å². The van der Waals surface area contributed by atoms with E-state index in [9.17, 15) is 4.79 Å². The Morgan fingerprint density at radius 3 is 2.63 bits per heavy atom. The smallest absolute Gasteiger partial charge is 0.271 e. The lowest BCUT2D eigenvalue weighted by atomic mass is 10.0. The Hall–Kier alpha value is -3.98. The van der Waals surface area contributed by atoms with Crippen molar-refractivity contribution >= 4 is 39.8 Å². The molecule has 4 aromatic rings. The van der Waals surface area contributed by atoms with Gasteiger partial charge in [-0.15, -0.1) is 0 Å². The van der Waals surface area contributed by atoms with E-state index in [1.807, 2.05) is 37.3 Å². The lowest BCUT2D eigenvalue weighted by Crippen LogP contribution is -2.38. The Morgan fingerprint density at radius 2 is 1.89 bits per heavy atom. The summed E-state index contributed by atoms with van der Waals surface area (Å²) in [7, 11) is 4.71. The summed E-state index contributed by atoms with van der Waals surface area (Å²) >= 11 is 6.36. The molecule has 0 bridgehead atoms. The minimum Gasteiger partial charge on any atom is -0.493 e. The van der Waals surface area contributed by atoms with Crippen LogP contribution in [-0.2, 0) is 0 Å². The number of methoxy groups -OCH3 is 3. The minimum atomic E-state index is -0.219. The molecular weight excluding hydrogens is 470 g/mol. The van der Waals surface area contributed by atoms with Crippen LogP contribution >= 0.6 is 11.6 Å². The van der Waals surface area contributed by atoms with Gasteiger partial charge in [-0.05, 0) is 31.2 Å². The number of nitrogens with zero attached hydrogens (tertiary/aromatic N) is 3. The number of anilines is 2. The van der Waals surface area contributed by atoms with E-state index >= 15 is 0 Å². The molecule has 0 saturated heterocycles. The first-order valence-electron chi connectivity index (χ1n) is 11.0. The van der Waals surface area contributed by atoms with Crippen LogP contribution in [-0.4, -0.2) is 48.5 Å². The van der Waals surface area contributed by atoms with Crippen LogP contribution in [0.25, 0.3) is 22.2 Å². The Morgan fingerprint density at radius 1 is 1.11 bits per heavy atom. The van der Waals surface area contributed by atoms with E-state index < -0.39 is 0 Å². The number of nitrogens with one attached hydrogen (secondary N) is 2. The van der Waals surface area contributed by atoms with Crippen LogP contribution in [0.15, 0.2) is 42.6 Å². The topological polar surface area (TPSA) is 99.5 Å². The van der Waals surface area contributed by atoms with Crippen molar-refractivity contribution in [2.75, 3.05) is 33.2 Å². The molecule has 0 fully saturated rings. The quantitative estimate of drug-likeness (QED) is 0.397. The molecule has 1 atom stereocenters. The number of benzene rings is 2. The van der Waals surface area contributed by atoms with E-state index in [2.05, 4.69) is 15.6 Å². The average molecular weight is 494 g/mol. The van der Waals surface area contributed by atoms with Crippen molar-refractivity contribution in [3.05, 3.63) is 53.3 Å². The van der Waals surface area contributed by atoms with Crippen molar-refractivity contribution in [3.8, 4) is 28.5 Å². The van der Waals surface area contributed by atoms with Crippen molar-refractivity contribution < 1.29 is 19.0 Å². The molecule has 0 saturated carbocycles. The van der Waals surface area contributed by atoms with Gasteiger partial charge in [-0.2, -0.15) is 5.10 Å². The normalized spacial score (nSPS) is 14.9. The monoisotopic (exact) mass is 493 g/mol. The van der Waals surface area contributed by atoms with Crippen molar-refractivity contribution in [1.82, 2.24) is 20.1 Å². The number of pyridine rings is 1. The largest absolute Gasteiger partial charge is 0.493 e. The predicted molar refractivity (Wildman–Crippen MR) is 134 cm³/mol. The van der Waals surface area contributed by atoms with E-state index in [1.54, 1.807) is 38.3 Å². The number of rotatable bonds is 6. The standard InChI is InChI=1S/C25H24ClN5O4/c1-13-12-28-25(32)23-22(29-17-7-5-6-16(26)24(17)35-4)21(30-31(13)23)14-8-9-27-18-11-20(34-3)19(33-2)10-15(14)18/h5-11,13,29H,12H2,1-4H3,(H,28,32). The maximum atomic E-state index is 13.0. The number of amides is 1. The van der Waals surface area contributed by atoms with E-state index in [0.29, 0.717) is 57.1 Å². The maximum Gasteiger partial charge on any atom is 0.271 e. The molecular formula is C25H24ClN5O4. The van der Waals surface area contributed by atoms with E-state index in [1.165, 1.54) is 0 Å². The molecule has 10 heteroatoms. The second-order valence-corrected chi connectivity index (χ2v) is 8.51. The molecule has 0 spiro atoms. The van der Waals surface area contributed by atoms with Gasteiger partial charge in [0, 0.05) is 29.8 Å². The van der Waals surface area contributed by atoms with E-state index in [4.69, 9.17) is 30.9 Å². The Labute approximate surface area is 207 Å². The number of hydrogen-bond acceptors (Lipinski definition) is 7. The molecule has 1 amide bonds. The van der Waals surface area contributed by atoms with Crippen LogP contribution in [0.2, 0.25) is 5.02 Å². The molecule has 3 heterocycles. The van der Waals surface area contributed by atoms with Gasteiger partial charge < -0.3 is 24.8 Å². The van der Waals surface area contributed by atoms with Crippen molar-refractivity contribution in [2.45, 2.75) is 13.0 Å². The first kappa shape index (κ1) is 22.8. The third kappa shape index (κ3) is 3.77. The highest BCUT2D eigenvalue weighted by molar-refractivity contribution is 6.32. The average Bonchev–Trinajstić information content (AvgIpc) is 3.25. The lowest BCUT2D eigenvalue weighted by molar-refractivity contribution is 0.0913. The predicted octanol–water partition coefficient (Wildman–Crippen LogP) is 4.83. The van der Waals surface area contributed by atoms with Gasteiger partial charge in [-0.3, -0.25) is 14.5 Å². The molecule has 1 aliphatic heterocycles. The third-order valence-corrected chi connectivity index (χ3v) is 6.33. The van der Waals surface area contributed by atoms with E-state index in [-0.39, 0.29) is 11.9 Å². The molecule has 2 N–H and O–H groups in total. The van der Waals surface area contributed by atoms with Gasteiger partial charge in [0.1, 0.15) is 5.69 Å². The van der Waals surface area contributed by atoms with Crippen LogP contribution in [0.3, 0.4) is 0 Å². The Balaban J connectivity index is 1.78.